The second-order valence-corrected chi connectivity index (χ2v) is 7.40. The number of carbonyl (C=O) groups excluding carboxylic acids is 1. The van der Waals surface area contributed by atoms with Crippen molar-refractivity contribution in [3.05, 3.63) is 58.9 Å². The van der Waals surface area contributed by atoms with Gasteiger partial charge in [-0.15, -0.1) is 4.40 Å². The minimum atomic E-state index is -3.87. The molecule has 8 heteroatoms. The third kappa shape index (κ3) is 3.54. The third-order valence-corrected chi connectivity index (χ3v) is 5.31. The topological polar surface area (TPSA) is 88.7 Å². The van der Waals surface area contributed by atoms with E-state index in [1.807, 2.05) is 6.92 Å². The van der Waals surface area contributed by atoms with Crippen molar-refractivity contribution in [1.82, 2.24) is 5.32 Å². The van der Waals surface area contributed by atoms with Gasteiger partial charge in [0.15, 0.2) is 5.17 Å². The summed E-state index contributed by atoms with van der Waals surface area (Å²) >= 11 is 0.953. The number of carbonyl (C=O) groups is 1. The van der Waals surface area contributed by atoms with Gasteiger partial charge in [0.25, 0.3) is 15.9 Å². The number of benzene rings is 1. The van der Waals surface area contributed by atoms with E-state index in [9.17, 15) is 13.2 Å². The zero-order valence-electron chi connectivity index (χ0n) is 12.0. The lowest BCUT2D eigenvalue weighted by molar-refractivity contribution is -0.115. The molecule has 23 heavy (non-hydrogen) atoms. The molecule has 0 spiro atoms. The number of aryl methyl sites for hydroxylation is 1. The van der Waals surface area contributed by atoms with Crippen LogP contribution in [0.4, 0.5) is 0 Å². The summed E-state index contributed by atoms with van der Waals surface area (Å²) in [4.78, 5) is 12.3. The molecule has 1 aliphatic rings. The van der Waals surface area contributed by atoms with Crippen molar-refractivity contribution in [1.29, 1.82) is 0 Å². The standard InChI is InChI=1S/C15H12N2O4S2/c1-10-4-6-12(7-5-10)23(19,20)17-15-16-14(18)13(22-15)9-11-3-2-8-21-11/h2-9H,1H3,(H,16,17,18)/b13-9-. The molecule has 1 aliphatic heterocycles. The van der Waals surface area contributed by atoms with Crippen molar-refractivity contribution in [3.63, 3.8) is 0 Å². The fourth-order valence-electron chi connectivity index (χ4n) is 1.85. The highest BCUT2D eigenvalue weighted by molar-refractivity contribution is 8.19. The quantitative estimate of drug-likeness (QED) is 0.861. The highest BCUT2D eigenvalue weighted by Gasteiger charge is 2.26. The molecular weight excluding hydrogens is 336 g/mol. The molecule has 0 aliphatic carbocycles. The predicted molar refractivity (Wildman–Crippen MR) is 88.2 cm³/mol. The summed E-state index contributed by atoms with van der Waals surface area (Å²) in [5, 5.41) is 2.46. The van der Waals surface area contributed by atoms with Crippen LogP contribution in [0.15, 0.2) is 61.3 Å². The van der Waals surface area contributed by atoms with Crippen LogP contribution in [0.1, 0.15) is 11.3 Å². The Balaban J connectivity index is 1.86. The van der Waals surface area contributed by atoms with Crippen LogP contribution in [-0.2, 0) is 14.8 Å². The van der Waals surface area contributed by atoms with Gasteiger partial charge < -0.3 is 4.42 Å². The van der Waals surface area contributed by atoms with Gasteiger partial charge in [-0.1, -0.05) is 17.7 Å². The number of sulfonamides is 1. The van der Waals surface area contributed by atoms with E-state index in [1.54, 1.807) is 24.3 Å². The van der Waals surface area contributed by atoms with Crippen molar-refractivity contribution in [3.8, 4) is 0 Å². The van der Waals surface area contributed by atoms with Crippen LogP contribution in [0.25, 0.3) is 6.08 Å². The molecule has 1 aromatic carbocycles. The highest BCUT2D eigenvalue weighted by atomic mass is 32.2. The average molecular weight is 348 g/mol. The van der Waals surface area contributed by atoms with Crippen LogP contribution in [-0.4, -0.2) is 19.5 Å². The molecule has 2 heterocycles. The van der Waals surface area contributed by atoms with Crippen LogP contribution in [0.5, 0.6) is 0 Å². The molecule has 6 nitrogen and oxygen atoms in total. The van der Waals surface area contributed by atoms with Crippen LogP contribution < -0.4 is 5.32 Å². The van der Waals surface area contributed by atoms with Gasteiger partial charge in [0.2, 0.25) is 0 Å². The van der Waals surface area contributed by atoms with Gasteiger partial charge in [-0.25, -0.2) is 0 Å². The van der Waals surface area contributed by atoms with E-state index >= 15 is 0 Å². The van der Waals surface area contributed by atoms with Gasteiger partial charge in [0.1, 0.15) is 5.76 Å². The number of furan rings is 1. The van der Waals surface area contributed by atoms with E-state index in [-0.39, 0.29) is 10.1 Å². The van der Waals surface area contributed by atoms with Crippen LogP contribution in [0.2, 0.25) is 0 Å². The number of thioether (sulfide) groups is 1. The number of nitrogens with zero attached hydrogens (tertiary/aromatic N) is 1. The predicted octanol–water partition coefficient (Wildman–Crippen LogP) is 2.54. The monoisotopic (exact) mass is 348 g/mol. The Morgan fingerprint density at radius 2 is 1.96 bits per heavy atom. The number of amides is 1. The van der Waals surface area contributed by atoms with E-state index in [0.29, 0.717) is 10.7 Å². The van der Waals surface area contributed by atoms with Gasteiger partial charge in [0.05, 0.1) is 16.1 Å². The third-order valence-electron chi connectivity index (χ3n) is 2.99. The Morgan fingerprint density at radius 3 is 2.61 bits per heavy atom. The lowest BCUT2D eigenvalue weighted by Crippen LogP contribution is -2.20. The maximum absolute atomic E-state index is 12.2. The molecule has 0 unspecified atom stereocenters. The fraction of sp³-hybridized carbons (Fsp3) is 0.0667. The van der Waals surface area contributed by atoms with Crippen LogP contribution in [0, 0.1) is 6.92 Å². The average Bonchev–Trinajstić information content (AvgIpc) is 3.10. The van der Waals surface area contributed by atoms with Gasteiger partial charge in [-0.3, -0.25) is 10.1 Å². The molecule has 1 aromatic heterocycles. The van der Waals surface area contributed by atoms with Gasteiger partial charge >= 0.3 is 0 Å². The summed E-state index contributed by atoms with van der Waals surface area (Å²) in [5.74, 6) is 0.0922. The summed E-state index contributed by atoms with van der Waals surface area (Å²) in [6, 6.07) is 9.73. The number of rotatable bonds is 3. The van der Waals surface area contributed by atoms with Crippen molar-refractivity contribution in [2.45, 2.75) is 11.8 Å². The highest BCUT2D eigenvalue weighted by Crippen LogP contribution is 2.27. The lowest BCUT2D eigenvalue weighted by Gasteiger charge is -2.00. The maximum Gasteiger partial charge on any atom is 0.284 e. The number of amidine groups is 1. The Kier molecular flexibility index (Phi) is 4.10. The summed E-state index contributed by atoms with van der Waals surface area (Å²) in [5.41, 5.74) is 0.948. The van der Waals surface area contributed by atoms with Gasteiger partial charge in [0, 0.05) is 6.08 Å². The number of hydrogen-bond acceptors (Lipinski definition) is 5. The first-order valence-corrected chi connectivity index (χ1v) is 8.86. The first-order valence-electron chi connectivity index (χ1n) is 6.60. The summed E-state index contributed by atoms with van der Waals surface area (Å²) in [6.45, 7) is 1.86. The maximum atomic E-state index is 12.2. The Morgan fingerprint density at radius 1 is 1.22 bits per heavy atom. The first-order chi connectivity index (χ1) is 10.9. The smallest absolute Gasteiger partial charge is 0.284 e. The normalized spacial score (nSPS) is 18.6. The van der Waals surface area contributed by atoms with Gasteiger partial charge in [-0.05, 0) is 43.0 Å². The van der Waals surface area contributed by atoms with E-state index < -0.39 is 15.9 Å². The minimum Gasteiger partial charge on any atom is -0.465 e. The fourth-order valence-corrected chi connectivity index (χ4v) is 3.81. The van der Waals surface area contributed by atoms with E-state index in [1.165, 1.54) is 24.5 Å². The molecule has 1 fully saturated rings. The molecule has 118 valence electrons. The molecular formula is C15H12N2O4S2. The molecule has 0 saturated carbocycles. The number of hydrogen-bond donors (Lipinski definition) is 1. The largest absolute Gasteiger partial charge is 0.465 e. The molecule has 1 saturated heterocycles. The summed E-state index contributed by atoms with van der Waals surface area (Å²) < 4.78 is 33.3. The molecule has 2 aromatic rings. The minimum absolute atomic E-state index is 0.0216. The summed E-state index contributed by atoms with van der Waals surface area (Å²) in [6.07, 6.45) is 3.02. The zero-order valence-corrected chi connectivity index (χ0v) is 13.6. The SMILES string of the molecule is Cc1ccc(S(=O)(=O)/N=C2/NC(=O)/C(=C/c3ccco3)S2)cc1. The molecule has 1 amide bonds. The Labute approximate surface area is 137 Å². The Hall–Kier alpha value is -2.32. The van der Waals surface area contributed by atoms with Crippen LogP contribution in [0.3, 0.4) is 0 Å². The second kappa shape index (κ2) is 6.05. The second-order valence-electron chi connectivity index (χ2n) is 4.76. The molecule has 0 bridgehead atoms. The molecule has 1 N–H and O–H groups in total. The Bertz CT molecular complexity index is 895. The summed E-state index contributed by atoms with van der Waals surface area (Å²) in [7, 11) is -3.87. The van der Waals surface area contributed by atoms with Gasteiger partial charge in [-0.2, -0.15) is 8.42 Å². The van der Waals surface area contributed by atoms with Crippen molar-refractivity contribution < 1.29 is 17.6 Å². The molecule has 3 rings (SSSR count). The lowest BCUT2D eigenvalue weighted by atomic mass is 10.2. The molecule has 0 atom stereocenters. The van der Waals surface area contributed by atoms with Crippen molar-refractivity contribution >= 4 is 38.9 Å². The number of nitrogens with one attached hydrogen (secondary N) is 1. The van der Waals surface area contributed by atoms with Crippen LogP contribution >= 0.6 is 11.8 Å². The van der Waals surface area contributed by atoms with Crippen molar-refractivity contribution in [2.75, 3.05) is 0 Å². The van der Waals surface area contributed by atoms with E-state index in [4.69, 9.17) is 4.42 Å². The van der Waals surface area contributed by atoms with E-state index in [2.05, 4.69) is 9.71 Å². The molecule has 0 radical (unpaired) electrons. The van der Waals surface area contributed by atoms with E-state index in [0.717, 1.165) is 17.3 Å². The van der Waals surface area contributed by atoms with Crippen molar-refractivity contribution in [2.24, 2.45) is 4.40 Å². The first kappa shape index (κ1) is 15.6. The zero-order chi connectivity index (χ0) is 16.4.